The van der Waals surface area contributed by atoms with Gasteiger partial charge in [-0.2, -0.15) is 0 Å². The summed E-state index contributed by atoms with van der Waals surface area (Å²) in [6.45, 7) is 2.01. The van der Waals surface area contributed by atoms with Gasteiger partial charge in [0.05, 0.1) is 6.04 Å². The number of carbonyl (C=O) groups excluding carboxylic acids is 2. The van der Waals surface area contributed by atoms with E-state index in [4.69, 9.17) is 0 Å². The van der Waals surface area contributed by atoms with Gasteiger partial charge in [0.2, 0.25) is 5.91 Å². The molecular formula is C16H20FN3O2. The number of amides is 3. The fourth-order valence-electron chi connectivity index (χ4n) is 3.04. The van der Waals surface area contributed by atoms with E-state index in [1.807, 2.05) is 4.90 Å². The highest BCUT2D eigenvalue weighted by Crippen LogP contribution is 2.22. The second-order valence-electron chi connectivity index (χ2n) is 5.88. The minimum atomic E-state index is -0.328. The van der Waals surface area contributed by atoms with Gasteiger partial charge in [0.1, 0.15) is 5.82 Å². The van der Waals surface area contributed by atoms with Gasteiger partial charge in [-0.1, -0.05) is 0 Å². The molecule has 2 heterocycles. The lowest BCUT2D eigenvalue weighted by Crippen LogP contribution is -2.47. The number of benzene rings is 1. The Hall–Kier alpha value is -2.11. The number of nitrogens with one attached hydrogen (secondary N) is 1. The van der Waals surface area contributed by atoms with E-state index in [0.29, 0.717) is 12.2 Å². The molecule has 3 amide bonds. The number of hydrogen-bond acceptors (Lipinski definition) is 2. The molecule has 0 bridgehead atoms. The molecule has 0 saturated carbocycles. The summed E-state index contributed by atoms with van der Waals surface area (Å²) in [5, 5.41) is 2.94. The van der Waals surface area contributed by atoms with Crippen molar-refractivity contribution in [3.63, 3.8) is 0 Å². The van der Waals surface area contributed by atoms with Crippen LogP contribution in [0.4, 0.5) is 14.9 Å². The Kier molecular flexibility index (Phi) is 4.27. The molecule has 1 atom stereocenters. The van der Waals surface area contributed by atoms with E-state index in [0.717, 1.165) is 25.9 Å². The Balaban J connectivity index is 1.59. The molecule has 6 heteroatoms. The third kappa shape index (κ3) is 3.21. The molecular weight excluding hydrogens is 285 g/mol. The largest absolute Gasteiger partial charge is 0.333 e. The van der Waals surface area contributed by atoms with Crippen LogP contribution in [-0.4, -0.2) is 42.5 Å². The first-order valence-electron chi connectivity index (χ1n) is 7.75. The van der Waals surface area contributed by atoms with Gasteiger partial charge in [-0.25, -0.2) is 9.18 Å². The van der Waals surface area contributed by atoms with Crippen molar-refractivity contribution >= 4 is 17.6 Å². The van der Waals surface area contributed by atoms with Crippen LogP contribution in [0.2, 0.25) is 0 Å². The van der Waals surface area contributed by atoms with Crippen molar-refractivity contribution in [1.29, 1.82) is 0 Å². The minimum absolute atomic E-state index is 0.0458. The molecule has 0 aromatic heterocycles. The second-order valence-corrected chi connectivity index (χ2v) is 5.88. The van der Waals surface area contributed by atoms with E-state index in [2.05, 4.69) is 5.32 Å². The van der Waals surface area contributed by atoms with Crippen LogP contribution >= 0.6 is 0 Å². The van der Waals surface area contributed by atoms with Crippen LogP contribution in [0.3, 0.4) is 0 Å². The van der Waals surface area contributed by atoms with Crippen molar-refractivity contribution in [1.82, 2.24) is 10.2 Å². The summed E-state index contributed by atoms with van der Waals surface area (Å²) in [6, 6.07) is 5.57. The SMILES string of the molecule is O=C(N[C@H]1CC(=O)N(c2ccc(F)cc2)C1)N1CCCCC1. The molecule has 0 radical (unpaired) electrons. The van der Waals surface area contributed by atoms with Gasteiger partial charge in [0.25, 0.3) is 0 Å². The van der Waals surface area contributed by atoms with Crippen LogP contribution in [0.5, 0.6) is 0 Å². The first kappa shape index (κ1) is 14.8. The lowest BCUT2D eigenvalue weighted by molar-refractivity contribution is -0.117. The van der Waals surface area contributed by atoms with Crippen LogP contribution < -0.4 is 10.2 Å². The van der Waals surface area contributed by atoms with Gasteiger partial charge < -0.3 is 15.1 Å². The topological polar surface area (TPSA) is 52.7 Å². The van der Waals surface area contributed by atoms with Crippen molar-refractivity contribution in [2.24, 2.45) is 0 Å². The third-order valence-electron chi connectivity index (χ3n) is 4.23. The number of rotatable bonds is 2. The van der Waals surface area contributed by atoms with E-state index >= 15 is 0 Å². The Morgan fingerprint density at radius 3 is 2.50 bits per heavy atom. The lowest BCUT2D eigenvalue weighted by Gasteiger charge is -2.28. The first-order chi connectivity index (χ1) is 10.6. The predicted octanol–water partition coefficient (Wildman–Crippen LogP) is 2.13. The quantitative estimate of drug-likeness (QED) is 0.910. The van der Waals surface area contributed by atoms with Crippen molar-refractivity contribution in [2.75, 3.05) is 24.5 Å². The first-order valence-corrected chi connectivity index (χ1v) is 7.75. The number of piperidine rings is 1. The lowest BCUT2D eigenvalue weighted by atomic mass is 10.1. The van der Waals surface area contributed by atoms with Gasteiger partial charge in [0.15, 0.2) is 0 Å². The smallest absolute Gasteiger partial charge is 0.317 e. The number of halogens is 1. The number of nitrogens with zero attached hydrogens (tertiary/aromatic N) is 2. The van der Waals surface area contributed by atoms with E-state index < -0.39 is 0 Å². The molecule has 3 rings (SSSR count). The molecule has 1 N–H and O–H groups in total. The number of urea groups is 1. The second kappa shape index (κ2) is 6.34. The number of carbonyl (C=O) groups is 2. The van der Waals surface area contributed by atoms with Gasteiger partial charge in [-0.3, -0.25) is 4.79 Å². The standard InChI is InChI=1S/C16H20FN3O2/c17-12-4-6-14(7-5-12)20-11-13(10-15(20)21)18-16(22)19-8-2-1-3-9-19/h4-7,13H,1-3,8-11H2,(H,18,22)/t13-/m0/s1. The summed E-state index contributed by atoms with van der Waals surface area (Å²) >= 11 is 0. The minimum Gasteiger partial charge on any atom is -0.333 e. The fourth-order valence-corrected chi connectivity index (χ4v) is 3.04. The van der Waals surface area contributed by atoms with Gasteiger partial charge in [-0.15, -0.1) is 0 Å². The molecule has 2 aliphatic rings. The molecule has 0 spiro atoms. The van der Waals surface area contributed by atoms with Crippen LogP contribution in [0.1, 0.15) is 25.7 Å². The predicted molar refractivity (Wildman–Crippen MR) is 81.1 cm³/mol. The van der Waals surface area contributed by atoms with Gasteiger partial charge in [0, 0.05) is 31.7 Å². The highest BCUT2D eigenvalue weighted by atomic mass is 19.1. The van der Waals surface area contributed by atoms with E-state index in [1.165, 1.54) is 18.6 Å². The maximum absolute atomic E-state index is 13.0. The monoisotopic (exact) mass is 305 g/mol. The number of anilines is 1. The van der Waals surface area contributed by atoms with Crippen molar-refractivity contribution in [3.8, 4) is 0 Å². The van der Waals surface area contributed by atoms with E-state index in [1.54, 1.807) is 17.0 Å². The van der Waals surface area contributed by atoms with E-state index in [-0.39, 0.29) is 30.2 Å². The van der Waals surface area contributed by atoms with Crippen LogP contribution in [0, 0.1) is 5.82 Å². The van der Waals surface area contributed by atoms with E-state index in [9.17, 15) is 14.0 Å². The average Bonchev–Trinajstić information content (AvgIpc) is 2.89. The van der Waals surface area contributed by atoms with Crippen molar-refractivity contribution < 1.29 is 14.0 Å². The maximum atomic E-state index is 13.0. The average molecular weight is 305 g/mol. The Bertz CT molecular complexity index is 555. The molecule has 2 saturated heterocycles. The zero-order chi connectivity index (χ0) is 15.5. The third-order valence-corrected chi connectivity index (χ3v) is 4.23. The van der Waals surface area contributed by atoms with Gasteiger partial charge >= 0.3 is 6.03 Å². The molecule has 0 aliphatic carbocycles. The van der Waals surface area contributed by atoms with Crippen molar-refractivity contribution in [2.45, 2.75) is 31.7 Å². The van der Waals surface area contributed by atoms with Crippen molar-refractivity contribution in [3.05, 3.63) is 30.1 Å². The molecule has 2 fully saturated rings. The highest BCUT2D eigenvalue weighted by molar-refractivity contribution is 5.96. The summed E-state index contributed by atoms with van der Waals surface area (Å²) in [7, 11) is 0. The van der Waals surface area contributed by atoms with Gasteiger partial charge in [-0.05, 0) is 43.5 Å². The zero-order valence-electron chi connectivity index (χ0n) is 12.4. The summed E-state index contributed by atoms with van der Waals surface area (Å²) < 4.78 is 13.0. The summed E-state index contributed by atoms with van der Waals surface area (Å²) in [5.41, 5.74) is 0.668. The maximum Gasteiger partial charge on any atom is 0.317 e. The Labute approximate surface area is 129 Å². The molecule has 2 aliphatic heterocycles. The Morgan fingerprint density at radius 2 is 1.82 bits per heavy atom. The molecule has 1 aromatic rings. The van der Waals surface area contributed by atoms with Crippen LogP contribution in [0.25, 0.3) is 0 Å². The van der Waals surface area contributed by atoms with Crippen LogP contribution in [0.15, 0.2) is 24.3 Å². The number of likely N-dealkylation sites (tertiary alicyclic amines) is 1. The summed E-state index contributed by atoms with van der Waals surface area (Å²) in [5.74, 6) is -0.374. The highest BCUT2D eigenvalue weighted by Gasteiger charge is 2.32. The number of hydrogen-bond donors (Lipinski definition) is 1. The molecule has 22 heavy (non-hydrogen) atoms. The normalized spacial score (nSPS) is 22.0. The molecule has 1 aromatic carbocycles. The summed E-state index contributed by atoms with van der Waals surface area (Å²) in [6.07, 6.45) is 3.54. The molecule has 0 unspecified atom stereocenters. The Morgan fingerprint density at radius 1 is 1.14 bits per heavy atom. The fraction of sp³-hybridized carbons (Fsp3) is 0.500. The molecule has 5 nitrogen and oxygen atoms in total. The van der Waals surface area contributed by atoms with Crippen LogP contribution in [-0.2, 0) is 4.79 Å². The molecule has 118 valence electrons. The summed E-state index contributed by atoms with van der Waals surface area (Å²) in [4.78, 5) is 27.7. The zero-order valence-corrected chi connectivity index (χ0v) is 12.4.